The van der Waals surface area contributed by atoms with Crippen molar-refractivity contribution in [1.82, 2.24) is 0 Å². The highest BCUT2D eigenvalue weighted by Crippen LogP contribution is 2.43. The fourth-order valence-electron chi connectivity index (χ4n) is 4.48. The molecule has 0 radical (unpaired) electrons. The van der Waals surface area contributed by atoms with E-state index in [9.17, 15) is 14.7 Å². The zero-order chi connectivity index (χ0) is 26.5. The second-order valence-electron chi connectivity index (χ2n) is 9.29. The Labute approximate surface area is 218 Å². The number of ketones is 1. The average Bonchev–Trinajstić information content (AvgIpc) is 3.18. The molecule has 1 atom stereocenters. The van der Waals surface area contributed by atoms with Crippen LogP contribution in [0.4, 0.5) is 5.69 Å². The van der Waals surface area contributed by atoms with Crippen LogP contribution in [0, 0.1) is 13.8 Å². The van der Waals surface area contributed by atoms with Crippen LogP contribution in [-0.2, 0) is 9.59 Å². The molecule has 3 aromatic carbocycles. The highest BCUT2D eigenvalue weighted by Gasteiger charge is 2.47. The molecule has 0 spiro atoms. The van der Waals surface area contributed by atoms with Gasteiger partial charge in [0, 0.05) is 11.3 Å². The van der Waals surface area contributed by atoms with Crippen LogP contribution in [-0.4, -0.2) is 30.5 Å². The number of ether oxygens (including phenoxy) is 2. The number of aliphatic hydroxyl groups is 1. The SMILES string of the molecule is CCCCCOc1ccc(/C(O)=C2\C(=O)C(=O)N(c3ccc(C)c(C)c3)C2c2ccc(OC)cc2)cc1. The summed E-state index contributed by atoms with van der Waals surface area (Å²) in [6.45, 7) is 6.72. The number of aliphatic hydroxyl groups excluding tert-OH is 1. The van der Waals surface area contributed by atoms with Gasteiger partial charge in [0.1, 0.15) is 17.3 Å². The van der Waals surface area contributed by atoms with Crippen molar-refractivity contribution in [1.29, 1.82) is 0 Å². The van der Waals surface area contributed by atoms with Crippen LogP contribution in [0.1, 0.15) is 54.5 Å². The van der Waals surface area contributed by atoms with Crippen LogP contribution in [0.5, 0.6) is 11.5 Å². The van der Waals surface area contributed by atoms with Gasteiger partial charge in [0.15, 0.2) is 0 Å². The normalized spacial score (nSPS) is 16.8. The van der Waals surface area contributed by atoms with Crippen molar-refractivity contribution in [2.45, 2.75) is 46.1 Å². The van der Waals surface area contributed by atoms with E-state index in [1.54, 1.807) is 43.5 Å². The molecule has 0 aromatic heterocycles. The molecule has 1 unspecified atom stereocenters. The van der Waals surface area contributed by atoms with Crippen LogP contribution >= 0.6 is 0 Å². The van der Waals surface area contributed by atoms with Gasteiger partial charge in [-0.2, -0.15) is 0 Å². The first-order chi connectivity index (χ1) is 17.8. The fourth-order valence-corrected chi connectivity index (χ4v) is 4.48. The molecule has 1 N–H and O–H groups in total. The predicted octanol–water partition coefficient (Wildman–Crippen LogP) is 6.51. The number of unbranched alkanes of at least 4 members (excludes halogenated alkanes) is 2. The number of anilines is 1. The average molecular weight is 500 g/mol. The summed E-state index contributed by atoms with van der Waals surface area (Å²) in [7, 11) is 1.58. The summed E-state index contributed by atoms with van der Waals surface area (Å²) in [5.74, 6) is -0.280. The van der Waals surface area contributed by atoms with Gasteiger partial charge in [-0.15, -0.1) is 0 Å². The van der Waals surface area contributed by atoms with E-state index in [1.165, 1.54) is 4.90 Å². The van der Waals surface area contributed by atoms with Crippen molar-refractivity contribution in [3.05, 3.63) is 94.6 Å². The number of nitrogens with zero attached hydrogens (tertiary/aromatic N) is 1. The second kappa shape index (κ2) is 11.3. The Morgan fingerprint density at radius 3 is 2.19 bits per heavy atom. The maximum atomic E-state index is 13.4. The molecule has 1 aliphatic heterocycles. The van der Waals surface area contributed by atoms with Gasteiger partial charge in [-0.25, -0.2) is 0 Å². The molecule has 6 nitrogen and oxygen atoms in total. The molecule has 0 bridgehead atoms. The lowest BCUT2D eigenvalue weighted by Gasteiger charge is -2.26. The van der Waals surface area contributed by atoms with Crippen molar-refractivity contribution in [3.63, 3.8) is 0 Å². The first-order valence-corrected chi connectivity index (χ1v) is 12.6. The molecular formula is C31H33NO5. The minimum Gasteiger partial charge on any atom is -0.507 e. The Kier molecular flexibility index (Phi) is 7.97. The summed E-state index contributed by atoms with van der Waals surface area (Å²) in [5, 5.41) is 11.4. The zero-order valence-corrected chi connectivity index (χ0v) is 21.8. The number of methoxy groups -OCH3 is 1. The van der Waals surface area contributed by atoms with Crippen molar-refractivity contribution < 1.29 is 24.2 Å². The minimum absolute atomic E-state index is 0.0463. The number of amides is 1. The number of Topliss-reactive ketones (excluding diaryl/α,β-unsaturated/α-hetero) is 1. The highest BCUT2D eigenvalue weighted by atomic mass is 16.5. The van der Waals surface area contributed by atoms with E-state index in [-0.39, 0.29) is 11.3 Å². The molecule has 6 heteroatoms. The third-order valence-electron chi connectivity index (χ3n) is 6.79. The van der Waals surface area contributed by atoms with Gasteiger partial charge in [-0.3, -0.25) is 14.5 Å². The van der Waals surface area contributed by atoms with Crippen molar-refractivity contribution in [3.8, 4) is 11.5 Å². The monoisotopic (exact) mass is 499 g/mol. The molecule has 4 rings (SSSR count). The molecule has 192 valence electrons. The third-order valence-corrected chi connectivity index (χ3v) is 6.79. The van der Waals surface area contributed by atoms with Gasteiger partial charge in [-0.1, -0.05) is 38.0 Å². The van der Waals surface area contributed by atoms with Crippen molar-refractivity contribution >= 4 is 23.1 Å². The summed E-state index contributed by atoms with van der Waals surface area (Å²) in [6.07, 6.45) is 3.19. The summed E-state index contributed by atoms with van der Waals surface area (Å²) >= 11 is 0. The molecule has 3 aromatic rings. The Hall–Kier alpha value is -4.06. The molecule has 1 aliphatic rings. The third kappa shape index (κ3) is 5.38. The Bertz CT molecular complexity index is 1310. The van der Waals surface area contributed by atoms with E-state index < -0.39 is 17.7 Å². The molecule has 1 heterocycles. The van der Waals surface area contributed by atoms with Crippen molar-refractivity contribution in [2.24, 2.45) is 0 Å². The summed E-state index contributed by atoms with van der Waals surface area (Å²) in [5.41, 5.74) is 3.86. The van der Waals surface area contributed by atoms with E-state index in [2.05, 4.69) is 6.92 Å². The summed E-state index contributed by atoms with van der Waals surface area (Å²) in [6, 6.07) is 19.0. The standard InChI is InChI=1S/C31H33NO5/c1-5-6-7-18-37-26-16-11-23(12-17-26)29(33)27-28(22-9-14-25(36-4)15-10-22)32(31(35)30(27)34)24-13-8-20(2)21(3)19-24/h8-17,19,28,33H,5-7,18H2,1-4H3/b29-27+. The first kappa shape index (κ1) is 26.0. The second-order valence-corrected chi connectivity index (χ2v) is 9.29. The van der Waals surface area contributed by atoms with Crippen LogP contribution in [0.3, 0.4) is 0 Å². The Morgan fingerprint density at radius 2 is 1.57 bits per heavy atom. The molecule has 37 heavy (non-hydrogen) atoms. The van der Waals surface area contributed by atoms with Gasteiger partial charge in [0.2, 0.25) is 0 Å². The van der Waals surface area contributed by atoms with Crippen molar-refractivity contribution in [2.75, 3.05) is 18.6 Å². The zero-order valence-electron chi connectivity index (χ0n) is 21.8. The van der Waals surface area contributed by atoms with E-state index in [0.29, 0.717) is 34.9 Å². The summed E-state index contributed by atoms with van der Waals surface area (Å²) < 4.78 is 11.1. The van der Waals surface area contributed by atoms with Crippen LogP contribution < -0.4 is 14.4 Å². The topological polar surface area (TPSA) is 76.1 Å². The first-order valence-electron chi connectivity index (χ1n) is 12.6. The van der Waals surface area contributed by atoms with Crippen LogP contribution in [0.25, 0.3) is 5.76 Å². The van der Waals surface area contributed by atoms with Gasteiger partial charge in [0.05, 0.1) is 25.3 Å². The van der Waals surface area contributed by atoms with Crippen LogP contribution in [0.2, 0.25) is 0 Å². The lowest BCUT2D eigenvalue weighted by atomic mass is 9.95. The van der Waals surface area contributed by atoms with Gasteiger partial charge in [-0.05, 0) is 85.5 Å². The minimum atomic E-state index is -0.794. The molecule has 1 amide bonds. The van der Waals surface area contributed by atoms with E-state index >= 15 is 0 Å². The number of hydrogen-bond donors (Lipinski definition) is 1. The number of aryl methyl sites for hydroxylation is 2. The largest absolute Gasteiger partial charge is 0.507 e. The van der Waals surface area contributed by atoms with E-state index in [0.717, 1.165) is 30.4 Å². The highest BCUT2D eigenvalue weighted by molar-refractivity contribution is 6.51. The number of carbonyl (C=O) groups is 2. The molecule has 0 aliphatic carbocycles. The number of hydrogen-bond acceptors (Lipinski definition) is 5. The molecular weight excluding hydrogens is 466 g/mol. The smallest absolute Gasteiger partial charge is 0.300 e. The Morgan fingerprint density at radius 1 is 0.892 bits per heavy atom. The van der Waals surface area contributed by atoms with Gasteiger partial charge in [0.25, 0.3) is 11.7 Å². The quantitative estimate of drug-likeness (QED) is 0.157. The predicted molar refractivity (Wildman–Crippen MR) is 145 cm³/mol. The number of carbonyl (C=O) groups excluding carboxylic acids is 2. The van der Waals surface area contributed by atoms with Gasteiger partial charge >= 0.3 is 0 Å². The molecule has 1 saturated heterocycles. The maximum absolute atomic E-state index is 13.4. The van der Waals surface area contributed by atoms with Crippen LogP contribution in [0.15, 0.2) is 72.3 Å². The summed E-state index contributed by atoms with van der Waals surface area (Å²) in [4.78, 5) is 28.2. The van der Waals surface area contributed by atoms with Gasteiger partial charge < -0.3 is 14.6 Å². The van der Waals surface area contributed by atoms with E-state index in [1.807, 2.05) is 44.2 Å². The molecule has 0 saturated carbocycles. The molecule has 1 fully saturated rings. The fraction of sp³-hybridized carbons (Fsp3) is 0.290. The number of benzene rings is 3. The van der Waals surface area contributed by atoms with E-state index in [4.69, 9.17) is 9.47 Å². The maximum Gasteiger partial charge on any atom is 0.300 e. The number of rotatable bonds is 9. The lowest BCUT2D eigenvalue weighted by Crippen LogP contribution is -2.29. The lowest BCUT2D eigenvalue weighted by molar-refractivity contribution is -0.132. The Balaban J connectivity index is 1.77.